The first kappa shape index (κ1) is 18.6. The fraction of sp³-hybridized carbons (Fsp3) is 0.286. The average Bonchev–Trinajstić information content (AvgIpc) is 2.86. The fourth-order valence-electron chi connectivity index (χ4n) is 3.21. The molecule has 140 valence electrons. The van der Waals surface area contributed by atoms with E-state index < -0.39 is 23.4 Å². The maximum atomic E-state index is 12.9. The summed E-state index contributed by atoms with van der Waals surface area (Å²) in [6, 6.07) is 14.3. The van der Waals surface area contributed by atoms with Crippen molar-refractivity contribution in [3.05, 3.63) is 65.2 Å². The van der Waals surface area contributed by atoms with E-state index in [9.17, 15) is 14.4 Å². The van der Waals surface area contributed by atoms with Crippen molar-refractivity contribution < 1.29 is 14.4 Å². The second-order valence-electron chi connectivity index (χ2n) is 6.87. The number of aryl methyl sites for hydroxylation is 2. The number of carbonyl (C=O) groups is 3. The van der Waals surface area contributed by atoms with Crippen molar-refractivity contribution >= 4 is 23.5 Å². The molecule has 0 aromatic heterocycles. The highest BCUT2D eigenvalue weighted by molar-refractivity contribution is 6.10. The summed E-state index contributed by atoms with van der Waals surface area (Å²) in [5.74, 6) is -0.845. The van der Waals surface area contributed by atoms with Gasteiger partial charge in [0, 0.05) is 5.69 Å². The van der Waals surface area contributed by atoms with Crippen LogP contribution in [0.2, 0.25) is 0 Å². The van der Waals surface area contributed by atoms with Gasteiger partial charge in [0.25, 0.3) is 5.91 Å². The second kappa shape index (κ2) is 7.23. The van der Waals surface area contributed by atoms with Gasteiger partial charge < -0.3 is 10.6 Å². The molecule has 0 spiro atoms. The van der Waals surface area contributed by atoms with Crippen LogP contribution in [0.15, 0.2) is 48.5 Å². The highest BCUT2D eigenvalue weighted by Crippen LogP contribution is 2.29. The number of imide groups is 1. The molecule has 1 heterocycles. The lowest BCUT2D eigenvalue weighted by Gasteiger charge is -2.22. The number of para-hydroxylation sites is 1. The Kier molecular flexibility index (Phi) is 4.99. The molecule has 3 rings (SSSR count). The molecule has 1 aliphatic rings. The third kappa shape index (κ3) is 3.56. The van der Waals surface area contributed by atoms with Gasteiger partial charge in [-0.1, -0.05) is 55.0 Å². The molecule has 2 aromatic rings. The van der Waals surface area contributed by atoms with E-state index in [2.05, 4.69) is 10.6 Å². The number of urea groups is 1. The Morgan fingerprint density at radius 3 is 2.44 bits per heavy atom. The van der Waals surface area contributed by atoms with Gasteiger partial charge in [-0.05, 0) is 37.5 Å². The summed E-state index contributed by atoms with van der Waals surface area (Å²) >= 11 is 0. The molecular weight excluding hydrogens is 342 g/mol. The van der Waals surface area contributed by atoms with Gasteiger partial charge >= 0.3 is 6.03 Å². The van der Waals surface area contributed by atoms with E-state index in [-0.39, 0.29) is 6.54 Å². The van der Waals surface area contributed by atoms with E-state index in [1.807, 2.05) is 56.3 Å². The minimum absolute atomic E-state index is 0.329. The van der Waals surface area contributed by atoms with E-state index in [1.54, 1.807) is 13.0 Å². The van der Waals surface area contributed by atoms with Crippen LogP contribution in [0.3, 0.4) is 0 Å². The van der Waals surface area contributed by atoms with Crippen molar-refractivity contribution in [3.63, 3.8) is 0 Å². The molecule has 0 saturated carbocycles. The molecule has 1 aliphatic heterocycles. The molecule has 2 N–H and O–H groups in total. The summed E-state index contributed by atoms with van der Waals surface area (Å²) in [5.41, 5.74) is 2.26. The van der Waals surface area contributed by atoms with Gasteiger partial charge in [0.2, 0.25) is 5.91 Å². The van der Waals surface area contributed by atoms with Crippen molar-refractivity contribution in [2.45, 2.75) is 32.7 Å². The lowest BCUT2D eigenvalue weighted by Crippen LogP contribution is -2.42. The monoisotopic (exact) mass is 365 g/mol. The minimum Gasteiger partial charge on any atom is -0.324 e. The quantitative estimate of drug-likeness (QED) is 0.800. The molecule has 0 bridgehead atoms. The number of anilines is 1. The Morgan fingerprint density at radius 2 is 1.78 bits per heavy atom. The predicted molar refractivity (Wildman–Crippen MR) is 103 cm³/mol. The Bertz CT molecular complexity index is 892. The van der Waals surface area contributed by atoms with Crippen molar-refractivity contribution in [2.75, 3.05) is 11.9 Å². The molecule has 2 aromatic carbocycles. The van der Waals surface area contributed by atoms with Gasteiger partial charge in [-0.15, -0.1) is 0 Å². The molecule has 6 heteroatoms. The van der Waals surface area contributed by atoms with Crippen LogP contribution in [0, 0.1) is 6.92 Å². The van der Waals surface area contributed by atoms with E-state index >= 15 is 0 Å². The fourth-order valence-corrected chi connectivity index (χ4v) is 3.21. The number of benzene rings is 2. The third-order valence-electron chi connectivity index (χ3n) is 4.88. The predicted octanol–water partition coefficient (Wildman–Crippen LogP) is 2.96. The summed E-state index contributed by atoms with van der Waals surface area (Å²) < 4.78 is 0. The normalized spacial score (nSPS) is 19.1. The number of carbonyl (C=O) groups excluding carboxylic acids is 3. The van der Waals surface area contributed by atoms with Gasteiger partial charge in [-0.25, -0.2) is 4.79 Å². The minimum atomic E-state index is -1.17. The Labute approximate surface area is 158 Å². The molecule has 1 fully saturated rings. The van der Waals surface area contributed by atoms with Gasteiger partial charge in [-0.2, -0.15) is 0 Å². The van der Waals surface area contributed by atoms with Crippen LogP contribution in [-0.4, -0.2) is 29.3 Å². The van der Waals surface area contributed by atoms with Crippen LogP contribution in [0.1, 0.15) is 30.5 Å². The van der Waals surface area contributed by atoms with Crippen molar-refractivity contribution in [1.82, 2.24) is 10.2 Å². The van der Waals surface area contributed by atoms with E-state index in [0.717, 1.165) is 22.4 Å². The number of rotatable bonds is 5. The molecule has 0 aliphatic carbocycles. The average molecular weight is 365 g/mol. The highest BCUT2D eigenvalue weighted by Gasteiger charge is 2.49. The van der Waals surface area contributed by atoms with Crippen LogP contribution < -0.4 is 10.6 Å². The molecular formula is C21H23N3O3. The topological polar surface area (TPSA) is 78.5 Å². The molecule has 0 unspecified atom stereocenters. The van der Waals surface area contributed by atoms with Crippen molar-refractivity contribution in [3.8, 4) is 0 Å². The Morgan fingerprint density at radius 1 is 1.11 bits per heavy atom. The standard InChI is InChI=1S/C21H23N3O3/c1-4-15-7-5-6-8-17(15)22-18(25)13-24-19(26)21(3,23-20(24)27)16-11-9-14(2)10-12-16/h5-12H,4,13H2,1-3H3,(H,22,25)(H,23,27)/t21-/m0/s1. The maximum absolute atomic E-state index is 12.9. The van der Waals surface area contributed by atoms with Crippen LogP contribution >= 0.6 is 0 Å². The number of nitrogens with zero attached hydrogens (tertiary/aromatic N) is 1. The summed E-state index contributed by atoms with van der Waals surface area (Å²) in [5, 5.41) is 5.51. The smallest absolute Gasteiger partial charge is 0.324 e. The van der Waals surface area contributed by atoms with Crippen molar-refractivity contribution in [1.29, 1.82) is 0 Å². The zero-order valence-electron chi connectivity index (χ0n) is 15.7. The Hall–Kier alpha value is -3.15. The molecule has 27 heavy (non-hydrogen) atoms. The van der Waals surface area contributed by atoms with Gasteiger partial charge in [-0.3, -0.25) is 14.5 Å². The SMILES string of the molecule is CCc1ccccc1NC(=O)CN1C(=O)N[C@@](C)(c2ccc(C)cc2)C1=O. The highest BCUT2D eigenvalue weighted by atomic mass is 16.2. The lowest BCUT2D eigenvalue weighted by molar-refractivity contribution is -0.133. The van der Waals surface area contributed by atoms with Crippen LogP contribution in [0.25, 0.3) is 0 Å². The molecule has 0 radical (unpaired) electrons. The summed E-state index contributed by atoms with van der Waals surface area (Å²) in [4.78, 5) is 38.7. The molecule has 4 amide bonds. The third-order valence-corrected chi connectivity index (χ3v) is 4.88. The summed E-state index contributed by atoms with van der Waals surface area (Å²) in [6.45, 7) is 5.27. The first-order chi connectivity index (χ1) is 12.8. The number of amides is 4. The first-order valence-electron chi connectivity index (χ1n) is 8.94. The molecule has 1 saturated heterocycles. The second-order valence-corrected chi connectivity index (χ2v) is 6.87. The summed E-state index contributed by atoms with van der Waals surface area (Å²) in [6.07, 6.45) is 0.769. The van der Waals surface area contributed by atoms with Crippen LogP contribution in [-0.2, 0) is 21.5 Å². The maximum Gasteiger partial charge on any atom is 0.325 e. The number of hydrogen-bond acceptors (Lipinski definition) is 3. The Balaban J connectivity index is 1.75. The van der Waals surface area contributed by atoms with E-state index in [4.69, 9.17) is 0 Å². The summed E-state index contributed by atoms with van der Waals surface area (Å²) in [7, 11) is 0. The van der Waals surface area contributed by atoms with Crippen LogP contribution in [0.4, 0.5) is 10.5 Å². The molecule has 1 atom stereocenters. The largest absolute Gasteiger partial charge is 0.325 e. The van der Waals surface area contributed by atoms with Gasteiger partial charge in [0.05, 0.1) is 0 Å². The van der Waals surface area contributed by atoms with Gasteiger partial charge in [0.15, 0.2) is 0 Å². The van der Waals surface area contributed by atoms with Gasteiger partial charge in [0.1, 0.15) is 12.1 Å². The zero-order valence-corrected chi connectivity index (χ0v) is 15.7. The number of hydrogen-bond donors (Lipinski definition) is 2. The van der Waals surface area contributed by atoms with Crippen molar-refractivity contribution in [2.24, 2.45) is 0 Å². The number of nitrogens with one attached hydrogen (secondary N) is 2. The first-order valence-corrected chi connectivity index (χ1v) is 8.94. The lowest BCUT2D eigenvalue weighted by atomic mass is 9.91. The van der Waals surface area contributed by atoms with E-state index in [0.29, 0.717) is 11.3 Å². The zero-order chi connectivity index (χ0) is 19.6. The molecule has 6 nitrogen and oxygen atoms in total. The van der Waals surface area contributed by atoms with E-state index in [1.165, 1.54) is 0 Å². The van der Waals surface area contributed by atoms with Crippen LogP contribution in [0.5, 0.6) is 0 Å².